The fourth-order valence-electron chi connectivity index (χ4n) is 4.15. The van der Waals surface area contributed by atoms with E-state index in [2.05, 4.69) is 48.7 Å². The number of aromatic nitrogens is 4. The lowest BCUT2D eigenvalue weighted by Gasteiger charge is -2.18. The average molecular weight is 560 g/mol. The molecule has 2 aromatic carbocycles. The molecule has 4 aromatic rings. The molecule has 4 N–H and O–H groups in total. The molecule has 0 aliphatic rings. The number of aromatic amines is 1. The number of H-pyrrole nitrogens is 1. The lowest BCUT2D eigenvalue weighted by molar-refractivity contribution is -0.189. The molecule has 0 bridgehead atoms. The molecule has 11 nitrogen and oxygen atoms in total. The Hall–Kier alpha value is -4.46. The molecule has 2 aromatic heterocycles. The van der Waals surface area contributed by atoms with Crippen LogP contribution in [0.3, 0.4) is 0 Å². The maximum Gasteiger partial charge on any atom is 0.491 e. The second-order valence-electron chi connectivity index (χ2n) is 8.95. The molecular formula is C26H28F3N7O4. The summed E-state index contributed by atoms with van der Waals surface area (Å²) in [7, 11) is 0. The molecular weight excluding hydrogens is 531 g/mol. The summed E-state index contributed by atoms with van der Waals surface area (Å²) >= 11 is 0. The minimum Gasteiger partial charge on any atom is -0.492 e. The Labute approximate surface area is 226 Å². The number of halogens is 3. The first-order valence-electron chi connectivity index (χ1n) is 12.4. The summed E-state index contributed by atoms with van der Waals surface area (Å²) < 4.78 is 48.7. The Morgan fingerprint density at radius 2 is 1.85 bits per heavy atom. The van der Waals surface area contributed by atoms with Gasteiger partial charge in [0.1, 0.15) is 17.7 Å². The number of hydrogen-bond donors (Lipinski definition) is 3. The largest absolute Gasteiger partial charge is 0.492 e. The maximum absolute atomic E-state index is 12.9. The van der Waals surface area contributed by atoms with Crippen LogP contribution in [0.2, 0.25) is 0 Å². The van der Waals surface area contributed by atoms with Gasteiger partial charge in [-0.05, 0) is 56.8 Å². The number of ether oxygens (including phenoxy) is 2. The molecule has 0 radical (unpaired) electrons. The summed E-state index contributed by atoms with van der Waals surface area (Å²) in [6, 6.07) is 6.70. The van der Waals surface area contributed by atoms with E-state index in [4.69, 9.17) is 10.5 Å². The molecule has 0 spiro atoms. The van der Waals surface area contributed by atoms with E-state index in [0.29, 0.717) is 29.1 Å². The van der Waals surface area contributed by atoms with E-state index < -0.39 is 28.8 Å². The molecule has 2 heterocycles. The molecule has 212 valence electrons. The van der Waals surface area contributed by atoms with Crippen molar-refractivity contribution in [3.8, 4) is 11.5 Å². The Kier molecular flexibility index (Phi) is 8.09. The van der Waals surface area contributed by atoms with Crippen LogP contribution in [0.15, 0.2) is 29.1 Å². The number of likely N-dealkylation sites (N-methyl/N-ethyl adjacent to an activating group) is 1. The molecule has 0 fully saturated rings. The van der Waals surface area contributed by atoms with Gasteiger partial charge < -0.3 is 20.1 Å². The number of nitrogen functional groups attached to an aromatic ring is 1. The van der Waals surface area contributed by atoms with Gasteiger partial charge in [0.05, 0.1) is 22.4 Å². The Balaban J connectivity index is 1.62. The second kappa shape index (κ2) is 11.3. The highest BCUT2D eigenvalue weighted by Gasteiger charge is 2.42. The smallest absolute Gasteiger partial charge is 0.491 e. The lowest BCUT2D eigenvalue weighted by atomic mass is 10.1. The van der Waals surface area contributed by atoms with Crippen LogP contribution in [0, 0.1) is 13.8 Å². The van der Waals surface area contributed by atoms with Crippen molar-refractivity contribution in [3.63, 3.8) is 0 Å². The van der Waals surface area contributed by atoms with Gasteiger partial charge >= 0.3 is 12.1 Å². The summed E-state index contributed by atoms with van der Waals surface area (Å²) in [5, 5.41) is 3.20. The van der Waals surface area contributed by atoms with Crippen molar-refractivity contribution in [2.45, 2.75) is 33.9 Å². The molecule has 0 amide bonds. The van der Waals surface area contributed by atoms with Crippen LogP contribution in [-0.4, -0.2) is 63.2 Å². The predicted molar refractivity (Wildman–Crippen MR) is 144 cm³/mol. The number of aryl methyl sites for hydroxylation is 2. The quantitative estimate of drug-likeness (QED) is 0.156. The van der Waals surface area contributed by atoms with Crippen LogP contribution >= 0.6 is 0 Å². The highest BCUT2D eigenvalue weighted by molar-refractivity contribution is 5.95. The summed E-state index contributed by atoms with van der Waals surface area (Å²) in [4.78, 5) is 42.2. The molecule has 0 unspecified atom stereocenters. The zero-order valence-corrected chi connectivity index (χ0v) is 22.3. The van der Waals surface area contributed by atoms with Crippen LogP contribution in [0.4, 0.5) is 30.8 Å². The number of alkyl halides is 3. The number of nitrogens with two attached hydrogens (primary N) is 1. The number of benzene rings is 2. The fourth-order valence-corrected chi connectivity index (χ4v) is 4.15. The number of nitrogens with one attached hydrogen (secondary N) is 2. The van der Waals surface area contributed by atoms with Gasteiger partial charge in [-0.1, -0.05) is 13.8 Å². The summed E-state index contributed by atoms with van der Waals surface area (Å²) in [6.07, 6.45) is -5.28. The lowest BCUT2D eigenvalue weighted by Crippen LogP contribution is -2.29. The summed E-state index contributed by atoms with van der Waals surface area (Å²) in [5.74, 6) is -2.50. The van der Waals surface area contributed by atoms with Gasteiger partial charge in [-0.15, -0.1) is 0 Å². The first-order chi connectivity index (χ1) is 18.9. The van der Waals surface area contributed by atoms with Gasteiger partial charge in [-0.25, -0.2) is 19.7 Å². The number of rotatable bonds is 9. The second-order valence-corrected chi connectivity index (χ2v) is 8.95. The maximum atomic E-state index is 12.9. The summed E-state index contributed by atoms with van der Waals surface area (Å²) in [6.45, 7) is 10.8. The standard InChI is InChI=1S/C26H28F3N7O4/c1-5-36(6-2)9-10-39-15-7-8-18-16(12-15)14(4)31-24(32-18)35-25-33-20-13(3)11-17(30)21(19(20)22(37)34-25)40-23(38)26(27,28)29/h7-8,11-12H,5-6,9-10,30H2,1-4H3,(H2,31,32,33,34,35,37). The number of anilines is 3. The van der Waals surface area contributed by atoms with Gasteiger partial charge in [0, 0.05) is 11.9 Å². The van der Waals surface area contributed by atoms with Gasteiger partial charge in [0.15, 0.2) is 5.75 Å². The van der Waals surface area contributed by atoms with Crippen molar-refractivity contribution in [1.29, 1.82) is 0 Å². The number of carbonyl (C=O) groups excluding carboxylic acids is 1. The third-order valence-electron chi connectivity index (χ3n) is 6.24. The van der Waals surface area contributed by atoms with E-state index in [9.17, 15) is 22.8 Å². The number of esters is 1. The van der Waals surface area contributed by atoms with Crippen molar-refractivity contribution in [1.82, 2.24) is 24.8 Å². The minimum absolute atomic E-state index is 0.0190. The number of fused-ring (bicyclic) bond motifs is 2. The van der Waals surface area contributed by atoms with Crippen LogP contribution in [-0.2, 0) is 4.79 Å². The predicted octanol–water partition coefficient (Wildman–Crippen LogP) is 4.00. The van der Waals surface area contributed by atoms with Gasteiger partial charge in [0.2, 0.25) is 11.9 Å². The molecule has 40 heavy (non-hydrogen) atoms. The molecule has 0 atom stereocenters. The first kappa shape index (κ1) is 28.5. The Morgan fingerprint density at radius 3 is 2.52 bits per heavy atom. The van der Waals surface area contributed by atoms with Crippen LogP contribution in [0.25, 0.3) is 21.8 Å². The Bertz CT molecular complexity index is 1640. The van der Waals surface area contributed by atoms with Crippen molar-refractivity contribution >= 4 is 45.4 Å². The fraction of sp³-hybridized carbons (Fsp3) is 0.346. The van der Waals surface area contributed by atoms with Gasteiger partial charge in [0.25, 0.3) is 5.56 Å². The van der Waals surface area contributed by atoms with Crippen LogP contribution < -0.4 is 26.1 Å². The molecule has 4 rings (SSSR count). The van der Waals surface area contributed by atoms with E-state index >= 15 is 0 Å². The molecule has 0 aliphatic carbocycles. The van der Waals surface area contributed by atoms with E-state index in [0.717, 1.165) is 25.0 Å². The van der Waals surface area contributed by atoms with Crippen LogP contribution in [0.5, 0.6) is 11.5 Å². The van der Waals surface area contributed by atoms with Gasteiger partial charge in [-0.2, -0.15) is 13.2 Å². The van der Waals surface area contributed by atoms with Crippen molar-refractivity contribution in [2.75, 3.05) is 37.3 Å². The van der Waals surface area contributed by atoms with E-state index in [1.54, 1.807) is 26.0 Å². The molecule has 0 saturated heterocycles. The van der Waals surface area contributed by atoms with Crippen molar-refractivity contribution < 1.29 is 27.4 Å². The van der Waals surface area contributed by atoms with Crippen LogP contribution in [0.1, 0.15) is 25.1 Å². The van der Waals surface area contributed by atoms with Crippen molar-refractivity contribution in [2.24, 2.45) is 0 Å². The zero-order valence-electron chi connectivity index (χ0n) is 22.3. The van der Waals surface area contributed by atoms with Crippen molar-refractivity contribution in [3.05, 3.63) is 45.9 Å². The number of carbonyl (C=O) groups is 1. The molecule has 0 saturated carbocycles. The normalized spacial score (nSPS) is 11.8. The topological polar surface area (TPSA) is 148 Å². The first-order valence-corrected chi connectivity index (χ1v) is 12.4. The molecule has 0 aliphatic heterocycles. The van der Waals surface area contributed by atoms with E-state index in [-0.39, 0.29) is 23.1 Å². The third kappa shape index (κ3) is 6.06. The Morgan fingerprint density at radius 1 is 1.12 bits per heavy atom. The number of hydrogen-bond acceptors (Lipinski definition) is 10. The highest BCUT2D eigenvalue weighted by atomic mass is 19.4. The zero-order chi connectivity index (χ0) is 29.2. The average Bonchev–Trinajstić information content (AvgIpc) is 2.88. The summed E-state index contributed by atoms with van der Waals surface area (Å²) in [5.41, 5.74) is 6.17. The van der Waals surface area contributed by atoms with E-state index in [1.807, 2.05) is 6.07 Å². The SMILES string of the molecule is CCN(CC)CCOc1ccc2nc(Nc3nc4c(C)cc(N)c(OC(=O)C(F)(F)F)c4c(=O)[nH]3)nc(C)c2c1. The minimum atomic E-state index is -5.28. The van der Waals surface area contributed by atoms with Gasteiger partial charge in [-0.3, -0.25) is 15.1 Å². The van der Waals surface area contributed by atoms with E-state index in [1.165, 1.54) is 6.07 Å². The molecule has 14 heteroatoms. The highest BCUT2D eigenvalue weighted by Crippen LogP contribution is 2.33. The third-order valence-corrected chi connectivity index (χ3v) is 6.24. The number of nitrogens with zero attached hydrogens (tertiary/aromatic N) is 4. The monoisotopic (exact) mass is 559 g/mol.